The number of ketones is 2. The lowest BCUT2D eigenvalue weighted by Gasteiger charge is -2.18. The van der Waals surface area contributed by atoms with Gasteiger partial charge in [-0.15, -0.1) is 4.91 Å². The lowest BCUT2D eigenvalue weighted by Crippen LogP contribution is -2.21. The summed E-state index contributed by atoms with van der Waals surface area (Å²) in [6, 6.07) is 11.0. The van der Waals surface area contributed by atoms with Crippen LogP contribution in [-0.4, -0.2) is 11.6 Å². The van der Waals surface area contributed by atoms with Gasteiger partial charge >= 0.3 is 0 Å². The van der Waals surface area contributed by atoms with Crippen molar-refractivity contribution in [1.29, 1.82) is 0 Å². The Bertz CT molecular complexity index is 721. The molecule has 0 spiro atoms. The molecule has 5 nitrogen and oxygen atoms in total. The molecule has 0 saturated carbocycles. The summed E-state index contributed by atoms with van der Waals surface area (Å²) in [4.78, 5) is 39.4. The number of hydrogen-bond donors (Lipinski definition) is 0. The van der Waals surface area contributed by atoms with Crippen molar-refractivity contribution in [3.63, 3.8) is 0 Å². The summed E-state index contributed by atoms with van der Waals surface area (Å²) in [5.74, 6) is -0.605. The van der Waals surface area contributed by atoms with E-state index in [4.69, 9.17) is 0 Å². The van der Waals surface area contributed by atoms with Gasteiger partial charge in [-0.3, -0.25) is 9.59 Å². The zero-order valence-corrected chi connectivity index (χ0v) is 9.62. The van der Waals surface area contributed by atoms with Gasteiger partial charge in [-0.05, 0) is 6.07 Å². The Morgan fingerprint density at radius 3 is 2.11 bits per heavy atom. The molecule has 0 aliphatic heterocycles. The topological polar surface area (TPSA) is 72.8 Å². The van der Waals surface area contributed by atoms with Crippen molar-refractivity contribution in [2.75, 3.05) is 0 Å². The van der Waals surface area contributed by atoms with E-state index in [1.807, 2.05) is 0 Å². The summed E-state index contributed by atoms with van der Waals surface area (Å²) in [5, 5.41) is 2.32. The van der Waals surface area contributed by atoms with E-state index in [-0.39, 0.29) is 28.4 Å². The number of rotatable bonds is 2. The van der Waals surface area contributed by atoms with E-state index in [2.05, 4.69) is 10.2 Å². The summed E-state index contributed by atoms with van der Waals surface area (Å²) in [6.07, 6.45) is 0. The monoisotopic (exact) mass is 253 g/mol. The molecule has 0 amide bonds. The normalized spacial score (nSPS) is 12.6. The molecule has 92 valence electrons. The summed E-state index contributed by atoms with van der Waals surface area (Å²) in [6.45, 7) is 0. The molecular formula is C14H7NO4. The van der Waals surface area contributed by atoms with Crippen molar-refractivity contribution < 1.29 is 14.4 Å². The maximum atomic E-state index is 12.4. The van der Waals surface area contributed by atoms with Crippen LogP contribution in [0.4, 0.5) is 0 Å². The fourth-order valence-corrected chi connectivity index (χ4v) is 2.23. The molecule has 1 aliphatic rings. The molecule has 0 N–H and O–H groups in total. The van der Waals surface area contributed by atoms with Gasteiger partial charge < -0.3 is 4.84 Å². The predicted molar refractivity (Wildman–Crippen MR) is 66.2 cm³/mol. The van der Waals surface area contributed by atoms with Crippen LogP contribution in [0, 0.1) is 4.91 Å². The van der Waals surface area contributed by atoms with Crippen molar-refractivity contribution in [2.24, 2.45) is 5.34 Å². The Morgan fingerprint density at radius 1 is 0.789 bits per heavy atom. The summed E-state index contributed by atoms with van der Waals surface area (Å²) >= 11 is 0. The smallest absolute Gasteiger partial charge is 0.198 e. The van der Waals surface area contributed by atoms with Crippen LogP contribution in [0.25, 0.3) is 0 Å². The molecule has 0 aromatic heterocycles. The molecule has 0 saturated heterocycles. The summed E-state index contributed by atoms with van der Waals surface area (Å²) in [7, 11) is 0. The van der Waals surface area contributed by atoms with E-state index in [0.717, 1.165) is 0 Å². The first-order valence-electron chi connectivity index (χ1n) is 5.55. The van der Waals surface area contributed by atoms with Gasteiger partial charge in [0.2, 0.25) is 0 Å². The Kier molecular flexibility index (Phi) is 2.45. The Morgan fingerprint density at radius 2 is 1.42 bits per heavy atom. The maximum absolute atomic E-state index is 12.4. The third-order valence-electron chi connectivity index (χ3n) is 3.05. The predicted octanol–water partition coefficient (Wildman–Crippen LogP) is 2.52. The van der Waals surface area contributed by atoms with Crippen LogP contribution in [0.1, 0.15) is 31.8 Å². The van der Waals surface area contributed by atoms with Gasteiger partial charge in [-0.25, -0.2) is 0 Å². The molecule has 2 aromatic carbocycles. The molecule has 1 aliphatic carbocycles. The average molecular weight is 253 g/mol. The van der Waals surface area contributed by atoms with E-state index in [1.165, 1.54) is 12.1 Å². The minimum Gasteiger partial charge on any atom is -0.323 e. The highest BCUT2D eigenvalue weighted by Gasteiger charge is 2.32. The quantitative estimate of drug-likeness (QED) is 0.519. The van der Waals surface area contributed by atoms with E-state index in [0.29, 0.717) is 11.1 Å². The van der Waals surface area contributed by atoms with Crippen molar-refractivity contribution in [2.45, 2.75) is 0 Å². The van der Waals surface area contributed by atoms with Crippen LogP contribution >= 0.6 is 0 Å². The molecule has 0 bridgehead atoms. The molecule has 19 heavy (non-hydrogen) atoms. The Labute approximate surface area is 107 Å². The van der Waals surface area contributed by atoms with Crippen molar-refractivity contribution in [3.8, 4) is 5.75 Å². The van der Waals surface area contributed by atoms with Gasteiger partial charge in [0.15, 0.2) is 22.7 Å². The van der Waals surface area contributed by atoms with E-state index < -0.39 is 0 Å². The highest BCUT2D eigenvalue weighted by atomic mass is 16.7. The molecule has 0 unspecified atom stereocenters. The van der Waals surface area contributed by atoms with E-state index >= 15 is 0 Å². The average Bonchev–Trinajstić information content (AvgIpc) is 2.45. The zero-order valence-electron chi connectivity index (χ0n) is 9.62. The third-order valence-corrected chi connectivity index (χ3v) is 3.05. The minimum absolute atomic E-state index is 0.000327. The molecule has 0 atom stereocenters. The number of carbonyl (C=O) groups excluding carboxylic acids is 2. The molecule has 0 radical (unpaired) electrons. The number of nitrogens with zero attached hydrogens (tertiary/aromatic N) is 1. The van der Waals surface area contributed by atoms with Crippen LogP contribution in [-0.2, 0) is 0 Å². The van der Waals surface area contributed by atoms with Gasteiger partial charge in [0.25, 0.3) is 0 Å². The second-order valence-corrected chi connectivity index (χ2v) is 4.05. The summed E-state index contributed by atoms with van der Waals surface area (Å²) in [5.41, 5.74) is 0.980. The van der Waals surface area contributed by atoms with Crippen LogP contribution in [0.3, 0.4) is 0 Å². The van der Waals surface area contributed by atoms with Gasteiger partial charge in [0, 0.05) is 16.7 Å². The number of fused-ring (bicyclic) bond motifs is 2. The first kappa shape index (κ1) is 11.3. The van der Waals surface area contributed by atoms with Crippen molar-refractivity contribution in [1.82, 2.24) is 0 Å². The fourth-order valence-electron chi connectivity index (χ4n) is 2.23. The molecule has 3 rings (SSSR count). The number of hydrogen-bond acceptors (Lipinski definition) is 5. The van der Waals surface area contributed by atoms with Crippen molar-refractivity contribution >= 4 is 11.6 Å². The molecular weight excluding hydrogens is 246 g/mol. The number of carbonyl (C=O) groups is 2. The maximum Gasteiger partial charge on any atom is 0.198 e. The van der Waals surface area contributed by atoms with Crippen molar-refractivity contribution in [3.05, 3.63) is 69.6 Å². The second kappa shape index (κ2) is 4.13. The summed E-state index contributed by atoms with van der Waals surface area (Å²) < 4.78 is 0. The lowest BCUT2D eigenvalue weighted by molar-refractivity contribution is 0.0975. The Hall–Kier alpha value is -2.82. The largest absolute Gasteiger partial charge is 0.323 e. The van der Waals surface area contributed by atoms with Gasteiger partial charge in [0.1, 0.15) is 0 Å². The standard InChI is InChI=1S/C14H7NO4/c16-13-8-4-1-2-5-9(8)14(17)12-10(13)6-3-7-11(12)19-15-18/h1-7H. The molecule has 2 aromatic rings. The first-order chi connectivity index (χ1) is 9.24. The molecule has 0 heterocycles. The van der Waals surface area contributed by atoms with Crippen LogP contribution < -0.4 is 4.84 Å². The molecule has 0 fully saturated rings. The zero-order chi connectivity index (χ0) is 13.4. The van der Waals surface area contributed by atoms with Gasteiger partial charge in [-0.2, -0.15) is 0 Å². The fraction of sp³-hybridized carbons (Fsp3) is 0. The SMILES string of the molecule is O=NOc1cccc2c1C(=O)c1ccccc1C2=O. The van der Waals surface area contributed by atoms with Crippen LogP contribution in [0.15, 0.2) is 47.8 Å². The molecule has 5 heteroatoms. The van der Waals surface area contributed by atoms with E-state index in [1.54, 1.807) is 30.3 Å². The highest BCUT2D eigenvalue weighted by Crippen LogP contribution is 2.33. The number of benzene rings is 2. The van der Waals surface area contributed by atoms with Crippen LogP contribution in [0.2, 0.25) is 0 Å². The lowest BCUT2D eigenvalue weighted by atomic mass is 9.84. The third kappa shape index (κ3) is 1.55. The minimum atomic E-state index is -0.343. The highest BCUT2D eigenvalue weighted by molar-refractivity contribution is 6.29. The Balaban J connectivity index is 2.29. The van der Waals surface area contributed by atoms with Gasteiger partial charge in [-0.1, -0.05) is 36.4 Å². The second-order valence-electron chi connectivity index (χ2n) is 4.05. The van der Waals surface area contributed by atoms with Crippen LogP contribution in [0.5, 0.6) is 5.75 Å². The van der Waals surface area contributed by atoms with E-state index in [9.17, 15) is 14.5 Å². The first-order valence-corrected chi connectivity index (χ1v) is 5.55. The van der Waals surface area contributed by atoms with Gasteiger partial charge in [0.05, 0.1) is 5.56 Å².